The van der Waals surface area contributed by atoms with Crippen molar-refractivity contribution in [1.29, 1.82) is 0 Å². The Morgan fingerprint density at radius 2 is 0.646 bits per heavy atom. The summed E-state index contributed by atoms with van der Waals surface area (Å²) in [4.78, 5) is 9.42. The Hall–Kier alpha value is -8.25. The average Bonchev–Trinajstić information content (AvgIpc) is 1.23. The molecule has 0 radical (unpaired) electrons. The van der Waals surface area contributed by atoms with Crippen molar-refractivity contribution in [2.75, 3.05) is 19.6 Å². The maximum Gasteiger partial charge on any atom is 0.252 e. The number of para-hydroxylation sites is 4. The highest BCUT2D eigenvalue weighted by Gasteiger charge is 2.43. The molecule has 0 amide bonds. The Balaban J connectivity index is 0.000000172. The average molecular weight is 1090 g/mol. The summed E-state index contributed by atoms with van der Waals surface area (Å²) >= 11 is 7.42. The van der Waals surface area contributed by atoms with Crippen molar-refractivity contribution in [2.45, 2.75) is 105 Å². The van der Waals surface area contributed by atoms with E-state index in [0.29, 0.717) is 5.02 Å². The number of hydrogen-bond acceptors (Lipinski definition) is 4. The molecule has 0 fully saturated rings. The minimum absolute atomic E-state index is 0.0538. The number of halogens is 1. The molecule has 0 unspecified atom stereocenters. The number of fused-ring (bicyclic) bond motifs is 4. The van der Waals surface area contributed by atoms with Gasteiger partial charge in [-0.25, -0.2) is 0 Å². The quantitative estimate of drug-likeness (QED) is 0.141. The second-order valence-electron chi connectivity index (χ2n) is 26.1. The Bertz CT molecular complexity index is 3750. The van der Waals surface area contributed by atoms with Crippen LogP contribution in [-0.2, 0) is 21.7 Å². The van der Waals surface area contributed by atoms with Crippen LogP contribution in [-0.4, -0.2) is 6.71 Å². The van der Waals surface area contributed by atoms with Crippen LogP contribution in [0.4, 0.5) is 68.2 Å². The number of rotatable bonds is 8. The summed E-state index contributed by atoms with van der Waals surface area (Å²) in [5.74, 6) is 0. The molecule has 4 nitrogen and oxygen atoms in total. The van der Waals surface area contributed by atoms with E-state index in [9.17, 15) is 0 Å². The molecule has 2 heterocycles. The van der Waals surface area contributed by atoms with E-state index >= 15 is 0 Å². The monoisotopic (exact) mass is 1090 g/mol. The van der Waals surface area contributed by atoms with Gasteiger partial charge in [-0.15, -0.1) is 0 Å². The molecule has 0 bridgehead atoms. The summed E-state index contributed by atoms with van der Waals surface area (Å²) in [5.41, 5.74) is 23.2. The molecule has 10 aromatic carbocycles. The lowest BCUT2D eigenvalue weighted by Gasteiger charge is -2.44. The predicted octanol–water partition coefficient (Wildman–Crippen LogP) is 20.2. The zero-order valence-corrected chi connectivity index (χ0v) is 50.6. The maximum absolute atomic E-state index is 7.42. The fourth-order valence-corrected chi connectivity index (χ4v) is 12.0. The van der Waals surface area contributed by atoms with E-state index in [1.807, 2.05) is 12.1 Å². The fraction of sp³-hybridized carbons (Fsp3) is 0.211. The molecule has 0 N–H and O–H groups in total. The summed E-state index contributed by atoms with van der Waals surface area (Å²) < 4.78 is 0. The van der Waals surface area contributed by atoms with Gasteiger partial charge in [0.25, 0.3) is 6.71 Å². The van der Waals surface area contributed by atoms with Crippen molar-refractivity contribution >= 4 is 103 Å². The van der Waals surface area contributed by atoms with Gasteiger partial charge in [0.05, 0.1) is 16.4 Å². The highest BCUT2D eigenvalue weighted by atomic mass is 35.5. The Labute approximate surface area is 494 Å². The van der Waals surface area contributed by atoms with Crippen LogP contribution >= 0.6 is 11.6 Å². The molecule has 0 saturated heterocycles. The second-order valence-corrected chi connectivity index (χ2v) is 26.5. The molecular weight excluding hydrogens is 1020 g/mol. The SMILES string of the molecule is CC(C)(C)c1ccc(N(c2ccc(C(C)(C)C)cc2)c2cccc(N(c3ccccc3)c3ccccc3)c2Cl)cc1.CC(C)(C)c1ccc(N2c3ccc(C(C)(C)C)cc3B3c4ccccc4N(c4ccccc4)c4cccc2c43)cc1. The Morgan fingerprint density at radius 1 is 0.305 bits per heavy atom. The van der Waals surface area contributed by atoms with E-state index in [-0.39, 0.29) is 28.4 Å². The minimum Gasteiger partial charge on any atom is -0.311 e. The van der Waals surface area contributed by atoms with E-state index in [0.717, 1.165) is 34.1 Å². The van der Waals surface area contributed by atoms with Gasteiger partial charge in [-0.2, -0.15) is 0 Å². The molecule has 82 heavy (non-hydrogen) atoms. The van der Waals surface area contributed by atoms with Crippen molar-refractivity contribution in [3.8, 4) is 0 Å². The summed E-state index contributed by atoms with van der Waals surface area (Å²) in [5, 5.41) is 0.681. The zero-order valence-electron chi connectivity index (χ0n) is 49.8. The first-order chi connectivity index (χ1) is 39.2. The van der Waals surface area contributed by atoms with E-state index in [1.54, 1.807) is 0 Å². The van der Waals surface area contributed by atoms with Crippen LogP contribution in [0.3, 0.4) is 0 Å². The highest BCUT2D eigenvalue weighted by molar-refractivity contribution is 7.00. The number of benzene rings is 10. The molecule has 2 aliphatic rings. The van der Waals surface area contributed by atoms with E-state index in [4.69, 9.17) is 11.6 Å². The van der Waals surface area contributed by atoms with Crippen LogP contribution in [0.25, 0.3) is 0 Å². The van der Waals surface area contributed by atoms with E-state index < -0.39 is 0 Å². The number of nitrogens with zero attached hydrogens (tertiary/aromatic N) is 4. The third-order valence-corrected chi connectivity index (χ3v) is 16.6. The van der Waals surface area contributed by atoms with Crippen molar-refractivity contribution in [3.63, 3.8) is 0 Å². The lowest BCUT2D eigenvalue weighted by Crippen LogP contribution is -2.61. The highest BCUT2D eigenvalue weighted by Crippen LogP contribution is 2.48. The van der Waals surface area contributed by atoms with Gasteiger partial charge in [0.2, 0.25) is 0 Å². The molecule has 0 atom stereocenters. The molecule has 10 aromatic rings. The van der Waals surface area contributed by atoms with Gasteiger partial charge in [0.1, 0.15) is 0 Å². The van der Waals surface area contributed by atoms with Crippen LogP contribution in [0.15, 0.2) is 243 Å². The molecule has 0 aromatic heterocycles. The number of anilines is 12. The zero-order chi connectivity index (χ0) is 57.7. The summed E-state index contributed by atoms with van der Waals surface area (Å²) in [7, 11) is 0. The number of hydrogen-bond donors (Lipinski definition) is 0. The van der Waals surface area contributed by atoms with Gasteiger partial charge in [0.15, 0.2) is 0 Å². The van der Waals surface area contributed by atoms with Crippen molar-refractivity contribution in [3.05, 3.63) is 270 Å². The second kappa shape index (κ2) is 21.9. The van der Waals surface area contributed by atoms with Gasteiger partial charge in [-0.1, -0.05) is 228 Å². The maximum atomic E-state index is 7.42. The largest absolute Gasteiger partial charge is 0.311 e. The molecule has 2 aliphatic heterocycles. The van der Waals surface area contributed by atoms with Crippen LogP contribution in [0.5, 0.6) is 0 Å². The molecule has 12 rings (SSSR count). The first-order valence-corrected chi connectivity index (χ1v) is 29.4. The smallest absolute Gasteiger partial charge is 0.252 e. The van der Waals surface area contributed by atoms with Gasteiger partial charge in [-0.05, 0) is 169 Å². The predicted molar refractivity (Wildman–Crippen MR) is 356 cm³/mol. The van der Waals surface area contributed by atoms with Gasteiger partial charge in [-0.3, -0.25) is 0 Å². The Morgan fingerprint density at radius 3 is 1.10 bits per heavy atom. The normalized spacial score (nSPS) is 12.9. The molecule has 0 spiro atoms. The molecule has 410 valence electrons. The Kier molecular flexibility index (Phi) is 14.9. The minimum atomic E-state index is 0.0538. The summed E-state index contributed by atoms with van der Waals surface area (Å²) in [6, 6.07) is 87.7. The van der Waals surface area contributed by atoms with Gasteiger partial charge in [0, 0.05) is 56.9 Å². The van der Waals surface area contributed by atoms with Gasteiger partial charge >= 0.3 is 0 Å². The molecule has 6 heteroatoms. The van der Waals surface area contributed by atoms with Crippen LogP contribution in [0.2, 0.25) is 5.02 Å². The topological polar surface area (TPSA) is 13.0 Å². The third-order valence-electron chi connectivity index (χ3n) is 16.2. The van der Waals surface area contributed by atoms with Crippen LogP contribution in [0, 0.1) is 0 Å². The summed E-state index contributed by atoms with van der Waals surface area (Å²) in [6.07, 6.45) is 0. The van der Waals surface area contributed by atoms with Crippen molar-refractivity contribution < 1.29 is 0 Å². The summed E-state index contributed by atoms with van der Waals surface area (Å²) in [6.45, 7) is 27.4. The lowest BCUT2D eigenvalue weighted by molar-refractivity contribution is 0.590. The fourth-order valence-electron chi connectivity index (χ4n) is 11.7. The molecular formula is C76H76BClN4. The van der Waals surface area contributed by atoms with E-state index in [1.165, 1.54) is 72.8 Å². The third kappa shape index (κ3) is 10.9. The lowest BCUT2D eigenvalue weighted by atomic mass is 9.33. The van der Waals surface area contributed by atoms with E-state index in [2.05, 4.69) is 333 Å². The van der Waals surface area contributed by atoms with Crippen LogP contribution < -0.4 is 36.0 Å². The van der Waals surface area contributed by atoms with Crippen LogP contribution in [0.1, 0.15) is 105 Å². The first kappa shape index (κ1) is 55.7. The molecule has 0 aliphatic carbocycles. The molecule has 0 saturated carbocycles. The van der Waals surface area contributed by atoms with Gasteiger partial charge < -0.3 is 19.6 Å². The standard InChI is InChI=1S/C38H37BN2.C38H39ClN2/c1-37(2,3)26-19-22-29(23-20-26)41-33-24-21-27(38(4,5)6)25-31(33)39-30-15-10-11-16-32(30)40(28-13-8-7-9-14-28)34-17-12-18-35(41)36(34)39;1-37(2,3)28-20-24-32(25-21-28)41(33-26-22-29(23-27-33)38(4,5)6)35-19-13-18-34(36(35)39)40(30-14-9-7-10-15-30)31-16-11-8-12-17-31/h7-25H,1-6H3;7-27H,1-6H3. The van der Waals surface area contributed by atoms with Crippen molar-refractivity contribution in [2.24, 2.45) is 0 Å². The van der Waals surface area contributed by atoms with Crippen molar-refractivity contribution in [1.82, 2.24) is 0 Å². The first-order valence-electron chi connectivity index (χ1n) is 29.0.